The third-order valence-electron chi connectivity index (χ3n) is 5.79. The van der Waals surface area contributed by atoms with Crippen LogP contribution in [-0.4, -0.2) is 43.7 Å². The Labute approximate surface area is 182 Å². The number of alkyl halides is 1. The van der Waals surface area contributed by atoms with Crippen LogP contribution in [0.5, 0.6) is 0 Å². The van der Waals surface area contributed by atoms with Crippen LogP contribution in [0.1, 0.15) is 45.0 Å². The molecule has 158 valence electrons. The predicted octanol–water partition coefficient (Wildman–Crippen LogP) is 3.13. The van der Waals surface area contributed by atoms with E-state index in [-0.39, 0.29) is 35.6 Å². The number of pyridine rings is 1. The highest BCUT2D eigenvalue weighted by molar-refractivity contribution is 9.10. The highest BCUT2D eigenvalue weighted by Crippen LogP contribution is 2.45. The maximum absolute atomic E-state index is 14.0. The number of carbonyl (C=O) groups is 2. The average Bonchev–Trinajstić information content (AvgIpc) is 3.23. The van der Waals surface area contributed by atoms with Gasteiger partial charge in [-0.3, -0.25) is 14.6 Å². The van der Waals surface area contributed by atoms with Crippen molar-refractivity contribution in [2.24, 2.45) is 5.92 Å². The number of carbonyl (C=O) groups excluding carboxylic acids is 2. The summed E-state index contributed by atoms with van der Waals surface area (Å²) < 4.78 is 14.7. The van der Waals surface area contributed by atoms with Crippen LogP contribution in [0, 0.1) is 5.92 Å². The van der Waals surface area contributed by atoms with Gasteiger partial charge in [0.15, 0.2) is 11.5 Å². The van der Waals surface area contributed by atoms with E-state index < -0.39 is 5.67 Å². The highest BCUT2D eigenvalue weighted by Gasteiger charge is 2.54. The second-order valence-corrected chi connectivity index (χ2v) is 9.26. The van der Waals surface area contributed by atoms with E-state index in [1.807, 2.05) is 6.07 Å². The number of nitrogens with one attached hydrogen (secondary N) is 1. The Morgan fingerprint density at radius 3 is 2.50 bits per heavy atom. The molecular formula is C21H23BrFN5O2. The van der Waals surface area contributed by atoms with Crippen molar-refractivity contribution < 1.29 is 14.0 Å². The van der Waals surface area contributed by atoms with E-state index in [2.05, 4.69) is 36.2 Å². The maximum atomic E-state index is 14.0. The molecule has 0 radical (unpaired) electrons. The zero-order valence-corrected chi connectivity index (χ0v) is 18.6. The first kappa shape index (κ1) is 20.8. The second-order valence-electron chi connectivity index (χ2n) is 8.40. The van der Waals surface area contributed by atoms with Gasteiger partial charge >= 0.3 is 0 Å². The fourth-order valence-corrected chi connectivity index (χ4v) is 4.55. The van der Waals surface area contributed by atoms with Crippen LogP contribution in [0.4, 0.5) is 4.39 Å². The minimum atomic E-state index is -1.62. The fraction of sp³-hybridized carbons (Fsp3) is 0.476. The van der Waals surface area contributed by atoms with Gasteiger partial charge in [0.1, 0.15) is 6.04 Å². The summed E-state index contributed by atoms with van der Waals surface area (Å²) in [6, 6.07) is 1.66. The molecule has 2 aliphatic heterocycles. The quantitative estimate of drug-likeness (QED) is 0.717. The molecule has 1 unspecified atom stereocenters. The van der Waals surface area contributed by atoms with Crippen molar-refractivity contribution in [1.29, 1.82) is 0 Å². The largest absolute Gasteiger partial charge is 0.350 e. The van der Waals surface area contributed by atoms with E-state index in [9.17, 15) is 14.0 Å². The Morgan fingerprint density at radius 2 is 1.90 bits per heavy atom. The molecule has 3 aliphatic rings. The summed E-state index contributed by atoms with van der Waals surface area (Å²) in [6.07, 6.45) is 6.55. The smallest absolute Gasteiger partial charge is 0.243 e. The summed E-state index contributed by atoms with van der Waals surface area (Å²) >= 11 is 3.47. The normalized spacial score (nSPS) is 22.6. The molecule has 5 rings (SSSR count). The molecule has 1 aliphatic carbocycles. The minimum Gasteiger partial charge on any atom is -0.350 e. The van der Waals surface area contributed by atoms with Crippen LogP contribution in [0.25, 0.3) is 11.3 Å². The third-order valence-corrected chi connectivity index (χ3v) is 6.50. The molecule has 2 aromatic rings. The van der Waals surface area contributed by atoms with E-state index in [1.54, 1.807) is 23.5 Å². The first-order chi connectivity index (χ1) is 14.1. The van der Waals surface area contributed by atoms with Crippen LogP contribution < -0.4 is 5.32 Å². The molecule has 4 heterocycles. The van der Waals surface area contributed by atoms with E-state index in [4.69, 9.17) is 0 Å². The van der Waals surface area contributed by atoms with Crippen molar-refractivity contribution in [3.8, 4) is 11.3 Å². The monoisotopic (exact) mass is 475 g/mol. The summed E-state index contributed by atoms with van der Waals surface area (Å²) in [5.74, 6) is 0.192. The van der Waals surface area contributed by atoms with Crippen molar-refractivity contribution in [3.63, 3.8) is 0 Å². The molecule has 30 heavy (non-hydrogen) atoms. The summed E-state index contributed by atoms with van der Waals surface area (Å²) in [6.45, 7) is 4.62. The van der Waals surface area contributed by atoms with Gasteiger partial charge in [0.05, 0.1) is 5.69 Å². The standard InChI is InChI=1S/C21H23BrFN5O2/c1-11(29)28-15-4-12(5-15)18(28)19(30)25-7-13-6-17(24-10-16(13)22)14-8-26-20(27-9-14)21(2,3)23/h6,8-10,12,15,18H,4-5,7H2,1-3H3,(H,25,30). The Balaban J connectivity index is 1.48. The zero-order valence-electron chi connectivity index (χ0n) is 17.0. The van der Waals surface area contributed by atoms with Crippen LogP contribution in [-0.2, 0) is 21.8 Å². The average molecular weight is 476 g/mol. The van der Waals surface area contributed by atoms with Crippen molar-refractivity contribution in [3.05, 3.63) is 40.5 Å². The number of rotatable bonds is 5. The van der Waals surface area contributed by atoms with Gasteiger partial charge < -0.3 is 10.2 Å². The lowest BCUT2D eigenvalue weighted by Crippen LogP contribution is -2.45. The first-order valence-electron chi connectivity index (χ1n) is 9.88. The summed E-state index contributed by atoms with van der Waals surface area (Å²) in [5.41, 5.74) is 0.500. The van der Waals surface area contributed by atoms with Gasteiger partial charge in [-0.25, -0.2) is 14.4 Å². The van der Waals surface area contributed by atoms with Gasteiger partial charge in [-0.2, -0.15) is 0 Å². The number of amides is 2. The summed E-state index contributed by atoms with van der Waals surface area (Å²) in [5, 5.41) is 2.96. The molecule has 3 fully saturated rings. The minimum absolute atomic E-state index is 0.0487. The molecule has 9 heteroatoms. The van der Waals surface area contributed by atoms with Crippen molar-refractivity contribution in [1.82, 2.24) is 25.2 Å². The predicted molar refractivity (Wildman–Crippen MR) is 112 cm³/mol. The summed E-state index contributed by atoms with van der Waals surface area (Å²) in [4.78, 5) is 39.0. The Morgan fingerprint density at radius 1 is 1.23 bits per heavy atom. The van der Waals surface area contributed by atoms with Crippen molar-refractivity contribution >= 4 is 27.7 Å². The fourth-order valence-electron chi connectivity index (χ4n) is 4.19. The number of hydrogen-bond donors (Lipinski definition) is 1. The van der Waals surface area contributed by atoms with Crippen molar-refractivity contribution in [2.75, 3.05) is 0 Å². The molecule has 0 aromatic carbocycles. The Bertz CT molecular complexity index is 986. The van der Waals surface area contributed by atoms with Gasteiger partial charge in [0.2, 0.25) is 11.8 Å². The third kappa shape index (κ3) is 3.82. The lowest BCUT2D eigenvalue weighted by atomic mass is 9.83. The molecule has 7 nitrogen and oxygen atoms in total. The van der Waals surface area contributed by atoms with Crippen LogP contribution in [0.2, 0.25) is 0 Å². The molecule has 1 atom stereocenters. The number of nitrogens with zero attached hydrogens (tertiary/aromatic N) is 4. The SMILES string of the molecule is CC(=O)N1C2CC(C2)C1C(=O)NCc1cc(-c2cnc(C(C)(C)F)nc2)ncc1Br. The molecule has 1 N–H and O–H groups in total. The molecule has 0 spiro atoms. The second kappa shape index (κ2) is 7.68. The zero-order chi connectivity index (χ0) is 21.6. The van der Waals surface area contributed by atoms with Gasteiger partial charge in [0.25, 0.3) is 0 Å². The van der Waals surface area contributed by atoms with Crippen LogP contribution in [0.15, 0.2) is 29.1 Å². The molecule has 2 saturated heterocycles. The lowest BCUT2D eigenvalue weighted by molar-refractivity contribution is -0.137. The van der Waals surface area contributed by atoms with Crippen molar-refractivity contribution in [2.45, 2.75) is 57.9 Å². The van der Waals surface area contributed by atoms with Gasteiger partial charge in [-0.05, 0) is 60.2 Å². The van der Waals surface area contributed by atoms with E-state index in [1.165, 1.54) is 20.8 Å². The van der Waals surface area contributed by atoms with E-state index in [0.717, 1.165) is 22.9 Å². The van der Waals surface area contributed by atoms with Crippen LogP contribution in [0.3, 0.4) is 0 Å². The molecule has 2 amide bonds. The number of hydrogen-bond acceptors (Lipinski definition) is 5. The van der Waals surface area contributed by atoms with Gasteiger partial charge in [-0.15, -0.1) is 0 Å². The van der Waals surface area contributed by atoms with Gasteiger partial charge in [0, 0.05) is 48.1 Å². The Kier molecular flexibility index (Phi) is 5.34. The van der Waals surface area contributed by atoms with Crippen LogP contribution >= 0.6 is 15.9 Å². The maximum Gasteiger partial charge on any atom is 0.243 e. The molecule has 1 saturated carbocycles. The molecular weight excluding hydrogens is 453 g/mol. The number of halogens is 2. The topological polar surface area (TPSA) is 88.1 Å². The van der Waals surface area contributed by atoms with E-state index in [0.29, 0.717) is 17.8 Å². The molecule has 2 bridgehead atoms. The first-order valence-corrected chi connectivity index (χ1v) is 10.7. The molecule has 2 aromatic heterocycles. The number of fused-ring (bicyclic) bond motifs is 1. The Hall–Kier alpha value is -2.42. The lowest BCUT2D eigenvalue weighted by Gasteiger charge is -2.24. The van der Waals surface area contributed by atoms with E-state index >= 15 is 0 Å². The number of aromatic nitrogens is 3. The van der Waals surface area contributed by atoms with Gasteiger partial charge in [-0.1, -0.05) is 0 Å². The highest BCUT2D eigenvalue weighted by atomic mass is 79.9. The summed E-state index contributed by atoms with van der Waals surface area (Å²) in [7, 11) is 0.